The van der Waals surface area contributed by atoms with Crippen LogP contribution in [0.15, 0.2) is 24.3 Å². The Kier molecular flexibility index (Phi) is 6.53. The zero-order valence-corrected chi connectivity index (χ0v) is 15.5. The normalized spacial score (nSPS) is 10.3. The summed E-state index contributed by atoms with van der Waals surface area (Å²) in [4.78, 5) is 34.8. The number of Topliss-reactive ketones (excluding diaryl/α,β-unsaturated/α-hetero) is 1. The van der Waals surface area contributed by atoms with Crippen molar-refractivity contribution < 1.29 is 24.0 Å². The Hall–Kier alpha value is -2.65. The lowest BCUT2D eigenvalue weighted by molar-refractivity contribution is -0.385. The predicted molar refractivity (Wildman–Crippen MR) is 96.6 cm³/mol. The summed E-state index contributed by atoms with van der Waals surface area (Å²) < 4.78 is 10.6. The van der Waals surface area contributed by atoms with Crippen LogP contribution in [0.25, 0.3) is 0 Å². The minimum absolute atomic E-state index is 0.0417. The van der Waals surface area contributed by atoms with Gasteiger partial charge in [-0.3, -0.25) is 19.7 Å². The second kappa shape index (κ2) is 8.63. The SMILES string of the molecule is COc1cc(CCNC(=O)C(=O)c2ccc(Cl)s2)c([N+](=O)[O-])cc1OC. The second-order valence-electron chi connectivity index (χ2n) is 5.03. The first-order chi connectivity index (χ1) is 12.4. The van der Waals surface area contributed by atoms with E-state index in [-0.39, 0.29) is 29.3 Å². The molecule has 1 amide bonds. The highest BCUT2D eigenvalue weighted by atomic mass is 35.5. The van der Waals surface area contributed by atoms with Gasteiger partial charge in [0.1, 0.15) is 0 Å². The van der Waals surface area contributed by atoms with E-state index in [1.54, 1.807) is 0 Å². The van der Waals surface area contributed by atoms with Crippen LogP contribution >= 0.6 is 22.9 Å². The van der Waals surface area contributed by atoms with Gasteiger partial charge in [-0.05, 0) is 24.6 Å². The molecule has 8 nitrogen and oxygen atoms in total. The number of nitro groups is 1. The molecule has 26 heavy (non-hydrogen) atoms. The minimum atomic E-state index is -0.799. The van der Waals surface area contributed by atoms with Crippen molar-refractivity contribution in [3.63, 3.8) is 0 Å². The monoisotopic (exact) mass is 398 g/mol. The molecule has 0 atom stereocenters. The molecule has 2 aromatic rings. The number of nitro benzene ring substituents is 1. The van der Waals surface area contributed by atoms with Crippen molar-refractivity contribution in [3.8, 4) is 11.5 Å². The standard InChI is InChI=1S/C16H15ClN2O6S/c1-24-11-7-9(10(19(22)23)8-12(11)25-2)5-6-18-16(21)15(20)13-3-4-14(17)26-13/h3-4,7-8H,5-6H2,1-2H3,(H,18,21). The number of halogens is 1. The Bertz CT molecular complexity index is 851. The van der Waals surface area contributed by atoms with Crippen LogP contribution < -0.4 is 14.8 Å². The molecule has 0 aliphatic heterocycles. The number of ether oxygens (including phenoxy) is 2. The lowest BCUT2D eigenvalue weighted by atomic mass is 10.1. The molecular formula is C16H15ClN2O6S. The Labute approximate surface area is 157 Å². The van der Waals surface area contributed by atoms with Crippen molar-refractivity contribution in [2.75, 3.05) is 20.8 Å². The topological polar surface area (TPSA) is 108 Å². The molecule has 0 aliphatic carbocycles. The third-order valence-corrected chi connectivity index (χ3v) is 4.69. The van der Waals surface area contributed by atoms with Crippen molar-refractivity contribution in [1.82, 2.24) is 5.32 Å². The van der Waals surface area contributed by atoms with Crippen LogP contribution in [0.4, 0.5) is 5.69 Å². The average Bonchev–Trinajstić information content (AvgIpc) is 3.06. The molecule has 0 spiro atoms. The fourth-order valence-corrected chi connectivity index (χ4v) is 3.20. The number of carbonyl (C=O) groups excluding carboxylic acids is 2. The summed E-state index contributed by atoms with van der Waals surface area (Å²) in [5.74, 6) is -0.934. The zero-order valence-electron chi connectivity index (χ0n) is 13.9. The van der Waals surface area contributed by atoms with Gasteiger partial charge in [-0.1, -0.05) is 11.6 Å². The maximum atomic E-state index is 12.0. The minimum Gasteiger partial charge on any atom is -0.493 e. The van der Waals surface area contributed by atoms with E-state index in [2.05, 4.69) is 5.32 Å². The number of nitrogens with one attached hydrogen (secondary N) is 1. The van der Waals surface area contributed by atoms with Crippen molar-refractivity contribution in [2.45, 2.75) is 6.42 Å². The smallest absolute Gasteiger partial charge is 0.293 e. The number of rotatable bonds is 8. The molecule has 0 aliphatic rings. The van der Waals surface area contributed by atoms with Crippen LogP contribution in [0, 0.1) is 10.1 Å². The second-order valence-corrected chi connectivity index (χ2v) is 6.75. The van der Waals surface area contributed by atoms with Gasteiger partial charge in [-0.2, -0.15) is 0 Å². The summed E-state index contributed by atoms with van der Waals surface area (Å²) >= 11 is 6.75. The molecule has 0 radical (unpaired) electrons. The number of amides is 1. The van der Waals surface area contributed by atoms with Crippen molar-refractivity contribution in [1.29, 1.82) is 0 Å². The van der Waals surface area contributed by atoms with Gasteiger partial charge in [0.05, 0.1) is 34.4 Å². The van der Waals surface area contributed by atoms with Crippen LogP contribution in [0.1, 0.15) is 15.2 Å². The first-order valence-electron chi connectivity index (χ1n) is 7.34. The number of hydrogen-bond donors (Lipinski definition) is 1. The number of thiophene rings is 1. The summed E-state index contributed by atoms with van der Waals surface area (Å²) in [6, 6.07) is 5.73. The highest BCUT2D eigenvalue weighted by Gasteiger charge is 2.21. The molecule has 0 saturated carbocycles. The highest BCUT2D eigenvalue weighted by molar-refractivity contribution is 7.18. The third kappa shape index (κ3) is 4.50. The van der Waals surface area contributed by atoms with E-state index in [9.17, 15) is 19.7 Å². The van der Waals surface area contributed by atoms with E-state index in [0.29, 0.717) is 15.6 Å². The van der Waals surface area contributed by atoms with E-state index >= 15 is 0 Å². The lowest BCUT2D eigenvalue weighted by Gasteiger charge is -2.11. The van der Waals surface area contributed by atoms with Gasteiger partial charge in [0.25, 0.3) is 17.4 Å². The maximum Gasteiger partial charge on any atom is 0.293 e. The van der Waals surface area contributed by atoms with E-state index < -0.39 is 16.6 Å². The first-order valence-corrected chi connectivity index (χ1v) is 8.54. The summed E-state index contributed by atoms with van der Waals surface area (Å²) in [5, 5.41) is 13.7. The van der Waals surface area contributed by atoms with E-state index in [1.165, 1.54) is 38.5 Å². The molecule has 0 saturated heterocycles. The number of hydrogen-bond acceptors (Lipinski definition) is 7. The fourth-order valence-electron chi connectivity index (χ4n) is 2.22. The van der Waals surface area contributed by atoms with Crippen molar-refractivity contribution in [3.05, 3.63) is 49.2 Å². The van der Waals surface area contributed by atoms with Crippen LogP contribution in [0.3, 0.4) is 0 Å². The van der Waals surface area contributed by atoms with E-state index in [0.717, 1.165) is 11.3 Å². The van der Waals surface area contributed by atoms with Crippen molar-refractivity contribution >= 4 is 40.3 Å². The Balaban J connectivity index is 2.07. The molecule has 0 fully saturated rings. The maximum absolute atomic E-state index is 12.0. The molecule has 10 heteroatoms. The fraction of sp³-hybridized carbons (Fsp3) is 0.250. The molecular weight excluding hydrogens is 384 g/mol. The van der Waals surface area contributed by atoms with E-state index in [1.807, 2.05) is 0 Å². The number of carbonyl (C=O) groups is 2. The summed E-state index contributed by atoms with van der Waals surface area (Å²) in [6.07, 6.45) is 0.140. The summed E-state index contributed by atoms with van der Waals surface area (Å²) in [6.45, 7) is 0.0417. The molecule has 1 heterocycles. The van der Waals surface area contributed by atoms with Crippen LogP contribution in [0.5, 0.6) is 11.5 Å². The molecule has 1 aromatic heterocycles. The zero-order chi connectivity index (χ0) is 19.3. The van der Waals surface area contributed by atoms with Crippen LogP contribution in [-0.4, -0.2) is 37.4 Å². The van der Waals surface area contributed by atoms with Crippen molar-refractivity contribution in [2.24, 2.45) is 0 Å². The molecule has 1 aromatic carbocycles. The number of benzene rings is 1. The predicted octanol–water partition coefficient (Wildman–Crippen LogP) is 2.87. The summed E-state index contributed by atoms with van der Waals surface area (Å²) in [5.41, 5.74) is 0.188. The van der Waals surface area contributed by atoms with E-state index in [4.69, 9.17) is 21.1 Å². The van der Waals surface area contributed by atoms with Gasteiger partial charge >= 0.3 is 0 Å². The lowest BCUT2D eigenvalue weighted by Crippen LogP contribution is -2.32. The van der Waals surface area contributed by atoms with Gasteiger partial charge in [-0.25, -0.2) is 0 Å². The van der Waals surface area contributed by atoms with Crippen LogP contribution in [0.2, 0.25) is 4.34 Å². The Morgan fingerprint density at radius 3 is 2.42 bits per heavy atom. The largest absolute Gasteiger partial charge is 0.493 e. The number of ketones is 1. The summed E-state index contributed by atoms with van der Waals surface area (Å²) in [7, 11) is 2.80. The van der Waals surface area contributed by atoms with Gasteiger partial charge in [0.15, 0.2) is 11.5 Å². The van der Waals surface area contributed by atoms with Gasteiger partial charge in [-0.15, -0.1) is 11.3 Å². The molecule has 0 unspecified atom stereocenters. The number of methoxy groups -OCH3 is 2. The Morgan fingerprint density at radius 2 is 1.88 bits per heavy atom. The van der Waals surface area contributed by atoms with Gasteiger partial charge in [0.2, 0.25) is 0 Å². The first kappa shape index (κ1) is 19.7. The quantitative estimate of drug-likeness (QED) is 0.317. The van der Waals surface area contributed by atoms with Gasteiger partial charge in [0, 0.05) is 12.1 Å². The molecule has 1 N–H and O–H groups in total. The molecule has 0 bridgehead atoms. The highest BCUT2D eigenvalue weighted by Crippen LogP contribution is 2.34. The van der Waals surface area contributed by atoms with Crippen LogP contribution in [-0.2, 0) is 11.2 Å². The van der Waals surface area contributed by atoms with Gasteiger partial charge < -0.3 is 14.8 Å². The average molecular weight is 399 g/mol. The number of nitrogens with zero attached hydrogens (tertiary/aromatic N) is 1. The molecule has 2 rings (SSSR count). The molecule has 138 valence electrons. The Morgan fingerprint density at radius 1 is 1.23 bits per heavy atom. The third-order valence-electron chi connectivity index (χ3n) is 3.46.